The average Bonchev–Trinajstić information content (AvgIpc) is 2.57. The lowest BCUT2D eigenvalue weighted by Crippen LogP contribution is -2.42. The number of halogens is 2. The molecule has 0 saturated heterocycles. The van der Waals surface area contributed by atoms with Gasteiger partial charge in [0.05, 0.1) is 6.26 Å². The van der Waals surface area contributed by atoms with E-state index in [9.17, 15) is 13.6 Å². The molecule has 1 fully saturated rings. The zero-order valence-corrected chi connectivity index (χ0v) is 8.93. The molecule has 1 saturated carbocycles. The number of aryl methyl sites for hydroxylation is 1. The fourth-order valence-corrected chi connectivity index (χ4v) is 1.85. The van der Waals surface area contributed by atoms with Gasteiger partial charge in [0.2, 0.25) is 5.92 Å². The molecule has 1 aromatic heterocycles. The van der Waals surface area contributed by atoms with Gasteiger partial charge in [-0.15, -0.1) is 0 Å². The van der Waals surface area contributed by atoms with Gasteiger partial charge in [-0.05, 0) is 18.9 Å². The molecule has 0 unspecified atom stereocenters. The lowest BCUT2D eigenvalue weighted by atomic mass is 9.81. The van der Waals surface area contributed by atoms with Crippen LogP contribution in [0.2, 0.25) is 0 Å². The van der Waals surface area contributed by atoms with Gasteiger partial charge < -0.3 is 9.73 Å². The molecular weight excluding hydrogens is 216 g/mol. The average molecular weight is 229 g/mol. The van der Waals surface area contributed by atoms with E-state index in [-0.39, 0.29) is 37.0 Å². The molecule has 1 amide bonds. The Morgan fingerprint density at radius 3 is 2.81 bits per heavy atom. The molecule has 2 rings (SSSR count). The summed E-state index contributed by atoms with van der Waals surface area (Å²) < 4.78 is 30.0. The summed E-state index contributed by atoms with van der Waals surface area (Å²) in [7, 11) is 0. The first-order valence-corrected chi connectivity index (χ1v) is 5.18. The fraction of sp³-hybridized carbons (Fsp3) is 0.545. The van der Waals surface area contributed by atoms with E-state index >= 15 is 0 Å². The molecule has 0 atom stereocenters. The standard InChI is InChI=1S/C11H13F2NO2/c1-7-2-3-16-9(7)10(15)14-6-8-4-11(12,13)5-8/h2-3,8H,4-6H2,1H3,(H,14,15). The van der Waals surface area contributed by atoms with E-state index in [2.05, 4.69) is 5.32 Å². The molecule has 1 aliphatic carbocycles. The number of hydrogen-bond acceptors (Lipinski definition) is 2. The molecule has 3 nitrogen and oxygen atoms in total. The number of rotatable bonds is 3. The smallest absolute Gasteiger partial charge is 0.287 e. The number of nitrogens with one attached hydrogen (secondary N) is 1. The number of alkyl halides is 2. The van der Waals surface area contributed by atoms with E-state index in [1.807, 2.05) is 0 Å². The summed E-state index contributed by atoms with van der Waals surface area (Å²) in [6.07, 6.45) is 1.16. The first-order valence-electron chi connectivity index (χ1n) is 5.18. The minimum atomic E-state index is -2.53. The van der Waals surface area contributed by atoms with Crippen LogP contribution in [-0.4, -0.2) is 18.4 Å². The number of carbonyl (C=O) groups excluding carboxylic acids is 1. The summed E-state index contributed by atoms with van der Waals surface area (Å²) in [5.74, 6) is -2.73. The van der Waals surface area contributed by atoms with E-state index in [0.717, 1.165) is 5.56 Å². The Morgan fingerprint density at radius 2 is 2.31 bits per heavy atom. The van der Waals surface area contributed by atoms with Gasteiger partial charge in [-0.1, -0.05) is 0 Å². The summed E-state index contributed by atoms with van der Waals surface area (Å²) in [6.45, 7) is 2.05. The van der Waals surface area contributed by atoms with Gasteiger partial charge in [-0.25, -0.2) is 8.78 Å². The van der Waals surface area contributed by atoms with Crippen LogP contribution in [-0.2, 0) is 0 Å². The van der Waals surface area contributed by atoms with Crippen molar-refractivity contribution in [3.8, 4) is 0 Å². The number of carbonyl (C=O) groups is 1. The van der Waals surface area contributed by atoms with Crippen LogP contribution < -0.4 is 5.32 Å². The van der Waals surface area contributed by atoms with Crippen LogP contribution in [0.25, 0.3) is 0 Å². The summed E-state index contributed by atoms with van der Waals surface area (Å²) in [6, 6.07) is 1.69. The molecule has 1 aromatic rings. The maximum atomic E-state index is 12.5. The summed E-state index contributed by atoms with van der Waals surface area (Å²) >= 11 is 0. The van der Waals surface area contributed by atoms with Gasteiger partial charge >= 0.3 is 0 Å². The summed E-state index contributed by atoms with van der Waals surface area (Å²) in [5.41, 5.74) is 0.747. The van der Waals surface area contributed by atoms with Gasteiger partial charge in [0.15, 0.2) is 5.76 Å². The van der Waals surface area contributed by atoms with Crippen molar-refractivity contribution in [1.29, 1.82) is 0 Å². The van der Waals surface area contributed by atoms with Crippen molar-refractivity contribution in [2.45, 2.75) is 25.7 Å². The van der Waals surface area contributed by atoms with Gasteiger partial charge in [-0.2, -0.15) is 0 Å². The Bertz CT molecular complexity index is 392. The fourth-order valence-electron chi connectivity index (χ4n) is 1.85. The SMILES string of the molecule is Cc1ccoc1C(=O)NCC1CC(F)(F)C1. The second-order valence-electron chi connectivity index (χ2n) is 4.27. The van der Waals surface area contributed by atoms with Crippen molar-refractivity contribution < 1.29 is 18.0 Å². The topological polar surface area (TPSA) is 42.2 Å². The van der Waals surface area contributed by atoms with Crippen LogP contribution in [0.5, 0.6) is 0 Å². The van der Waals surface area contributed by atoms with E-state index in [1.165, 1.54) is 6.26 Å². The minimum Gasteiger partial charge on any atom is -0.459 e. The van der Waals surface area contributed by atoms with Crippen molar-refractivity contribution in [3.63, 3.8) is 0 Å². The minimum absolute atomic E-state index is 0.116. The molecule has 0 spiro atoms. The molecular formula is C11H13F2NO2. The quantitative estimate of drug-likeness (QED) is 0.864. The second kappa shape index (κ2) is 3.88. The van der Waals surface area contributed by atoms with Crippen LogP contribution in [0, 0.1) is 12.8 Å². The molecule has 1 aliphatic rings. The molecule has 88 valence electrons. The molecule has 16 heavy (non-hydrogen) atoms. The first kappa shape index (κ1) is 11.1. The summed E-state index contributed by atoms with van der Waals surface area (Å²) in [5, 5.41) is 2.60. The molecule has 1 heterocycles. The van der Waals surface area contributed by atoms with E-state index < -0.39 is 5.92 Å². The molecule has 5 heteroatoms. The van der Waals surface area contributed by atoms with Crippen molar-refractivity contribution in [1.82, 2.24) is 5.32 Å². The highest BCUT2D eigenvalue weighted by molar-refractivity contribution is 5.92. The number of hydrogen-bond donors (Lipinski definition) is 1. The Labute approximate surface area is 91.8 Å². The summed E-state index contributed by atoms with van der Waals surface area (Å²) in [4.78, 5) is 11.5. The van der Waals surface area contributed by atoms with Crippen molar-refractivity contribution in [2.75, 3.05) is 6.54 Å². The zero-order chi connectivity index (χ0) is 11.8. The zero-order valence-electron chi connectivity index (χ0n) is 8.93. The van der Waals surface area contributed by atoms with Crippen LogP contribution in [0.3, 0.4) is 0 Å². The highest BCUT2D eigenvalue weighted by Gasteiger charge is 2.45. The molecule has 0 bridgehead atoms. The highest BCUT2D eigenvalue weighted by atomic mass is 19.3. The Hall–Kier alpha value is -1.39. The van der Waals surface area contributed by atoms with E-state index in [4.69, 9.17) is 4.42 Å². The predicted molar refractivity (Wildman–Crippen MR) is 53.4 cm³/mol. The van der Waals surface area contributed by atoms with E-state index in [1.54, 1.807) is 13.0 Å². The molecule has 0 radical (unpaired) electrons. The number of amides is 1. The van der Waals surface area contributed by atoms with Crippen molar-refractivity contribution >= 4 is 5.91 Å². The molecule has 1 N–H and O–H groups in total. The largest absolute Gasteiger partial charge is 0.459 e. The van der Waals surface area contributed by atoms with Crippen LogP contribution in [0.1, 0.15) is 29.0 Å². The first-order chi connectivity index (χ1) is 7.48. The second-order valence-corrected chi connectivity index (χ2v) is 4.27. The van der Waals surface area contributed by atoms with Gasteiger partial charge in [0.25, 0.3) is 5.91 Å². The van der Waals surface area contributed by atoms with Crippen LogP contribution in [0.4, 0.5) is 8.78 Å². The van der Waals surface area contributed by atoms with E-state index in [0.29, 0.717) is 0 Å². The van der Waals surface area contributed by atoms with Gasteiger partial charge in [0.1, 0.15) is 0 Å². The van der Waals surface area contributed by atoms with Gasteiger partial charge in [0, 0.05) is 24.9 Å². The van der Waals surface area contributed by atoms with Gasteiger partial charge in [-0.3, -0.25) is 4.79 Å². The predicted octanol–water partition coefficient (Wildman–Crippen LogP) is 2.36. The third kappa shape index (κ3) is 2.23. The Balaban J connectivity index is 1.80. The molecule has 0 aromatic carbocycles. The lowest BCUT2D eigenvalue weighted by molar-refractivity contribution is -0.108. The highest BCUT2D eigenvalue weighted by Crippen LogP contribution is 2.41. The van der Waals surface area contributed by atoms with Crippen LogP contribution in [0.15, 0.2) is 16.7 Å². The third-order valence-corrected chi connectivity index (χ3v) is 2.79. The Kier molecular flexibility index (Phi) is 2.69. The normalized spacial score (nSPS) is 19.2. The van der Waals surface area contributed by atoms with Crippen molar-refractivity contribution in [3.05, 3.63) is 23.7 Å². The Morgan fingerprint density at radius 1 is 1.62 bits per heavy atom. The van der Waals surface area contributed by atoms with Crippen LogP contribution >= 0.6 is 0 Å². The number of furan rings is 1. The van der Waals surface area contributed by atoms with Crippen molar-refractivity contribution in [2.24, 2.45) is 5.92 Å². The molecule has 0 aliphatic heterocycles. The lowest BCUT2D eigenvalue weighted by Gasteiger charge is -2.34. The third-order valence-electron chi connectivity index (χ3n) is 2.79. The monoisotopic (exact) mass is 229 g/mol. The maximum Gasteiger partial charge on any atom is 0.287 e. The maximum absolute atomic E-state index is 12.5.